The zero-order valence-electron chi connectivity index (χ0n) is 8.14. The van der Waals surface area contributed by atoms with Crippen LogP contribution >= 0.6 is 11.6 Å². The number of fused-ring (bicyclic) bond motifs is 2. The molecular formula is C12H7ClO3. The first kappa shape index (κ1) is 10.8. The fourth-order valence-corrected chi connectivity index (χ4v) is 1.72. The summed E-state index contributed by atoms with van der Waals surface area (Å²) >= 11 is 6.00. The van der Waals surface area contributed by atoms with Gasteiger partial charge in [-0.1, -0.05) is 29.8 Å². The van der Waals surface area contributed by atoms with Crippen LogP contribution in [0.2, 0.25) is 5.02 Å². The van der Waals surface area contributed by atoms with E-state index in [9.17, 15) is 0 Å². The lowest BCUT2D eigenvalue weighted by atomic mass is 10.2. The van der Waals surface area contributed by atoms with Gasteiger partial charge in [0.25, 0.3) is 0 Å². The highest BCUT2D eigenvalue weighted by Crippen LogP contribution is 2.47. The van der Waals surface area contributed by atoms with Gasteiger partial charge in [0.05, 0.1) is 5.02 Å². The summed E-state index contributed by atoms with van der Waals surface area (Å²) in [7, 11) is 0. The van der Waals surface area contributed by atoms with E-state index in [0.717, 1.165) is 0 Å². The predicted molar refractivity (Wildman–Crippen MR) is 58.7 cm³/mol. The Kier molecular flexibility index (Phi) is 2.73. The van der Waals surface area contributed by atoms with E-state index in [1.54, 1.807) is 6.07 Å². The van der Waals surface area contributed by atoms with Gasteiger partial charge >= 0.3 is 0 Å². The first-order valence-corrected chi connectivity index (χ1v) is 4.95. The lowest BCUT2D eigenvalue weighted by molar-refractivity contribution is 0.360. The van der Waals surface area contributed by atoms with Crippen molar-refractivity contribution >= 4 is 11.6 Å². The molecule has 16 heavy (non-hydrogen) atoms. The summed E-state index contributed by atoms with van der Waals surface area (Å²) in [6.45, 7) is 0. The van der Waals surface area contributed by atoms with E-state index in [0.29, 0.717) is 28.0 Å². The van der Waals surface area contributed by atoms with E-state index in [-0.39, 0.29) is 5.48 Å². The van der Waals surface area contributed by atoms with Crippen molar-refractivity contribution in [1.82, 2.24) is 0 Å². The predicted octanol–water partition coefficient (Wildman–Crippen LogP) is 4.12. The van der Waals surface area contributed by atoms with Gasteiger partial charge in [0.1, 0.15) is 0 Å². The Bertz CT molecular complexity index is 525. The number of benzene rings is 2. The molecule has 3 nitrogen and oxygen atoms in total. The number of rotatable bonds is 0. The molecular weight excluding hydrogens is 228 g/mol. The minimum Gasteiger partial charge on any atom is -0.449 e. The first-order chi connectivity index (χ1) is 7.34. The highest BCUT2D eigenvalue weighted by atomic mass is 35.5. The van der Waals surface area contributed by atoms with Crippen LogP contribution < -0.4 is 9.47 Å². The third-order valence-electron chi connectivity index (χ3n) is 2.21. The van der Waals surface area contributed by atoms with E-state index in [2.05, 4.69) is 0 Å². The molecule has 1 heterocycles. The minimum absolute atomic E-state index is 0. The number of hydrogen-bond donors (Lipinski definition) is 0. The quantitative estimate of drug-likeness (QED) is 0.587. The summed E-state index contributed by atoms with van der Waals surface area (Å²) in [5.74, 6) is 2.64. The maximum Gasteiger partial charge on any atom is 0.188 e. The van der Waals surface area contributed by atoms with Crippen molar-refractivity contribution in [3.05, 3.63) is 47.5 Å². The van der Waals surface area contributed by atoms with Gasteiger partial charge < -0.3 is 9.47 Å². The number of ether oxygens (including phenoxy) is 2. The van der Waals surface area contributed by atoms with Crippen LogP contribution in [0.25, 0.3) is 0 Å². The molecule has 0 saturated heterocycles. The molecule has 1 aliphatic rings. The normalized spacial score (nSPS) is 11.3. The SMILES string of the molecule is Clc1cccc2c1Oc1ccccc1O2.[O]. The second-order valence-corrected chi connectivity index (χ2v) is 3.63. The van der Waals surface area contributed by atoms with Gasteiger partial charge in [0.15, 0.2) is 23.0 Å². The Hall–Kier alpha value is -1.71. The van der Waals surface area contributed by atoms with Crippen LogP contribution in [0.3, 0.4) is 0 Å². The maximum atomic E-state index is 6.00. The molecule has 4 heteroatoms. The average molecular weight is 235 g/mol. The number of halogens is 1. The standard InChI is InChI=1S/C12H7ClO2.O/c13-8-4-3-7-11-12(8)15-10-6-2-1-5-9(10)14-11;/h1-7H;. The largest absolute Gasteiger partial charge is 0.449 e. The molecule has 0 saturated carbocycles. The molecule has 0 bridgehead atoms. The highest BCUT2D eigenvalue weighted by Gasteiger charge is 2.19. The number of hydrogen-bond acceptors (Lipinski definition) is 2. The summed E-state index contributed by atoms with van der Waals surface area (Å²) in [4.78, 5) is 0. The molecule has 0 spiro atoms. The van der Waals surface area contributed by atoms with Crippen LogP contribution in [0, 0.1) is 0 Å². The van der Waals surface area contributed by atoms with Crippen LogP contribution in [-0.2, 0) is 5.48 Å². The molecule has 0 aromatic heterocycles. The Morgan fingerprint density at radius 2 is 1.38 bits per heavy atom. The van der Waals surface area contributed by atoms with Gasteiger partial charge in [-0.05, 0) is 24.3 Å². The summed E-state index contributed by atoms with van der Waals surface area (Å²) in [5, 5.41) is 0.557. The Morgan fingerprint density at radius 3 is 2.12 bits per heavy atom. The third-order valence-corrected chi connectivity index (χ3v) is 2.51. The van der Waals surface area contributed by atoms with Gasteiger partial charge in [-0.25, -0.2) is 0 Å². The van der Waals surface area contributed by atoms with Crippen molar-refractivity contribution in [3.8, 4) is 23.0 Å². The van der Waals surface area contributed by atoms with Crippen LogP contribution in [-0.4, -0.2) is 0 Å². The molecule has 2 aromatic rings. The van der Waals surface area contributed by atoms with Crippen molar-refractivity contribution < 1.29 is 14.9 Å². The molecule has 0 fully saturated rings. The Labute approximate surface area is 97.5 Å². The van der Waals surface area contributed by atoms with Crippen molar-refractivity contribution in [1.29, 1.82) is 0 Å². The van der Waals surface area contributed by atoms with Gasteiger partial charge in [-0.15, -0.1) is 0 Å². The summed E-state index contributed by atoms with van der Waals surface area (Å²) in [6, 6.07) is 12.9. The van der Waals surface area contributed by atoms with E-state index in [1.807, 2.05) is 36.4 Å². The lowest BCUT2D eigenvalue weighted by Crippen LogP contribution is -1.98. The second kappa shape index (κ2) is 4.04. The average Bonchev–Trinajstić information content (AvgIpc) is 2.27. The van der Waals surface area contributed by atoms with Crippen molar-refractivity contribution in [2.24, 2.45) is 0 Å². The van der Waals surface area contributed by atoms with E-state index >= 15 is 0 Å². The topological polar surface area (TPSA) is 47.0 Å². The van der Waals surface area contributed by atoms with E-state index in [1.165, 1.54) is 0 Å². The summed E-state index contributed by atoms with van der Waals surface area (Å²) in [6.07, 6.45) is 0. The highest BCUT2D eigenvalue weighted by molar-refractivity contribution is 6.32. The maximum absolute atomic E-state index is 6.00. The van der Waals surface area contributed by atoms with Crippen molar-refractivity contribution in [2.45, 2.75) is 0 Å². The molecule has 0 atom stereocenters. The molecule has 0 amide bonds. The Morgan fingerprint density at radius 1 is 0.750 bits per heavy atom. The van der Waals surface area contributed by atoms with Gasteiger partial charge in [-0.2, -0.15) is 0 Å². The van der Waals surface area contributed by atoms with Crippen LogP contribution in [0.5, 0.6) is 23.0 Å². The number of para-hydroxylation sites is 3. The van der Waals surface area contributed by atoms with E-state index in [4.69, 9.17) is 21.1 Å². The van der Waals surface area contributed by atoms with Crippen LogP contribution in [0.1, 0.15) is 0 Å². The third kappa shape index (κ3) is 1.60. The molecule has 1 aliphatic heterocycles. The van der Waals surface area contributed by atoms with Gasteiger partial charge in [0, 0.05) is 5.48 Å². The van der Waals surface area contributed by atoms with Crippen LogP contribution in [0.15, 0.2) is 42.5 Å². The smallest absolute Gasteiger partial charge is 0.188 e. The zero-order valence-corrected chi connectivity index (χ0v) is 8.90. The minimum atomic E-state index is 0. The van der Waals surface area contributed by atoms with Gasteiger partial charge in [-0.3, -0.25) is 0 Å². The van der Waals surface area contributed by atoms with Crippen LogP contribution in [0.4, 0.5) is 0 Å². The van der Waals surface area contributed by atoms with E-state index < -0.39 is 0 Å². The molecule has 80 valence electrons. The fourth-order valence-electron chi connectivity index (χ4n) is 1.52. The molecule has 2 radical (unpaired) electrons. The molecule has 0 N–H and O–H groups in total. The fraction of sp³-hybridized carbons (Fsp3) is 0. The summed E-state index contributed by atoms with van der Waals surface area (Å²) in [5.41, 5.74) is 0. The van der Waals surface area contributed by atoms with Crippen molar-refractivity contribution in [2.75, 3.05) is 0 Å². The first-order valence-electron chi connectivity index (χ1n) is 4.58. The molecule has 0 unspecified atom stereocenters. The lowest BCUT2D eigenvalue weighted by Gasteiger charge is -2.20. The second-order valence-electron chi connectivity index (χ2n) is 3.22. The monoisotopic (exact) mass is 234 g/mol. The van der Waals surface area contributed by atoms with Crippen molar-refractivity contribution in [3.63, 3.8) is 0 Å². The molecule has 3 rings (SSSR count). The molecule has 2 aromatic carbocycles. The van der Waals surface area contributed by atoms with Gasteiger partial charge in [0.2, 0.25) is 0 Å². The zero-order chi connectivity index (χ0) is 10.3. The molecule has 0 aliphatic carbocycles. The Balaban J connectivity index is 0.000000963. The summed E-state index contributed by atoms with van der Waals surface area (Å²) < 4.78 is 11.3.